The number of morpholine rings is 1. The number of nitrogens with one attached hydrogen (secondary N) is 1. The SMILES string of the molecule is CCS(=O)(=O)NCCS(=O)(=O)N1CCO[C@H](C(C)(C)C)C1. The standard InChI is InChI=1S/C12H26N2O5S2/c1-5-20(15,16)13-6-9-21(17,18)14-7-8-19-11(10-14)12(2,3)4/h11,13H,5-10H2,1-4H3/t11-/m0/s1. The molecule has 1 N–H and O–H groups in total. The fourth-order valence-electron chi connectivity index (χ4n) is 1.96. The van der Waals surface area contributed by atoms with Gasteiger partial charge in [0.05, 0.1) is 24.2 Å². The molecule has 0 aromatic rings. The Balaban J connectivity index is 2.62. The van der Waals surface area contributed by atoms with Crippen LogP contribution in [0.4, 0.5) is 0 Å². The fraction of sp³-hybridized carbons (Fsp3) is 1.00. The highest BCUT2D eigenvalue weighted by molar-refractivity contribution is 7.90. The van der Waals surface area contributed by atoms with Crippen LogP contribution < -0.4 is 4.72 Å². The van der Waals surface area contributed by atoms with Gasteiger partial charge >= 0.3 is 0 Å². The van der Waals surface area contributed by atoms with Gasteiger partial charge in [-0.1, -0.05) is 20.8 Å². The summed E-state index contributed by atoms with van der Waals surface area (Å²) >= 11 is 0. The van der Waals surface area contributed by atoms with Gasteiger partial charge in [-0.2, -0.15) is 4.31 Å². The molecule has 1 heterocycles. The van der Waals surface area contributed by atoms with Crippen molar-refractivity contribution in [1.29, 1.82) is 0 Å². The van der Waals surface area contributed by atoms with Gasteiger partial charge in [-0.05, 0) is 12.3 Å². The zero-order chi connectivity index (χ0) is 16.3. The third kappa shape index (κ3) is 5.82. The lowest BCUT2D eigenvalue weighted by Gasteiger charge is -2.38. The van der Waals surface area contributed by atoms with Crippen LogP contribution in [0.5, 0.6) is 0 Å². The van der Waals surface area contributed by atoms with Crippen LogP contribution in [-0.4, -0.2) is 65.0 Å². The summed E-state index contributed by atoms with van der Waals surface area (Å²) in [5, 5.41) is 0. The van der Waals surface area contributed by atoms with Gasteiger partial charge in [0.15, 0.2) is 0 Å². The Morgan fingerprint density at radius 3 is 2.38 bits per heavy atom. The van der Waals surface area contributed by atoms with E-state index in [0.717, 1.165) is 0 Å². The molecule has 21 heavy (non-hydrogen) atoms. The Hall–Kier alpha value is -0.220. The predicted octanol–water partition coefficient (Wildman–Crippen LogP) is 0.00240. The van der Waals surface area contributed by atoms with Crippen LogP contribution in [0.1, 0.15) is 27.7 Å². The van der Waals surface area contributed by atoms with Crippen molar-refractivity contribution in [3.8, 4) is 0 Å². The Kier molecular flexibility index (Phi) is 6.19. The van der Waals surface area contributed by atoms with Crippen molar-refractivity contribution < 1.29 is 21.6 Å². The summed E-state index contributed by atoms with van der Waals surface area (Å²) in [7, 11) is -6.85. The highest BCUT2D eigenvalue weighted by atomic mass is 32.2. The van der Waals surface area contributed by atoms with E-state index in [9.17, 15) is 16.8 Å². The monoisotopic (exact) mass is 342 g/mol. The third-order valence-corrected chi connectivity index (χ3v) is 6.69. The Labute approximate surface area is 128 Å². The molecule has 9 heteroatoms. The van der Waals surface area contributed by atoms with Crippen LogP contribution in [0.2, 0.25) is 0 Å². The molecule has 0 radical (unpaired) electrons. The van der Waals surface area contributed by atoms with E-state index in [1.54, 1.807) is 0 Å². The fourth-order valence-corrected chi connectivity index (χ4v) is 4.04. The molecule has 0 spiro atoms. The lowest BCUT2D eigenvalue weighted by molar-refractivity contribution is -0.0590. The number of hydrogen-bond donors (Lipinski definition) is 1. The van der Waals surface area contributed by atoms with Crippen molar-refractivity contribution in [3.05, 3.63) is 0 Å². The molecule has 0 saturated carbocycles. The molecular formula is C12H26N2O5S2. The molecule has 1 atom stereocenters. The second kappa shape index (κ2) is 6.91. The van der Waals surface area contributed by atoms with Gasteiger partial charge in [0.25, 0.3) is 0 Å². The Morgan fingerprint density at radius 1 is 1.24 bits per heavy atom. The minimum Gasteiger partial charge on any atom is -0.375 e. The Bertz CT molecular complexity index is 536. The lowest BCUT2D eigenvalue weighted by atomic mass is 9.88. The minimum absolute atomic E-state index is 0.0588. The van der Waals surface area contributed by atoms with Crippen molar-refractivity contribution in [2.45, 2.75) is 33.8 Å². The summed E-state index contributed by atoms with van der Waals surface area (Å²) in [6, 6.07) is 0. The largest absolute Gasteiger partial charge is 0.375 e. The molecule has 0 unspecified atom stereocenters. The molecule has 1 rings (SSSR count). The van der Waals surface area contributed by atoms with Crippen molar-refractivity contribution in [3.63, 3.8) is 0 Å². The molecule has 0 bridgehead atoms. The van der Waals surface area contributed by atoms with E-state index in [2.05, 4.69) is 4.72 Å². The molecule has 0 amide bonds. The normalized spacial score (nSPS) is 22.4. The first-order chi connectivity index (χ1) is 9.48. The number of nitrogens with zero attached hydrogens (tertiary/aromatic N) is 1. The second-order valence-corrected chi connectivity index (χ2v) is 10.4. The molecule has 1 aliphatic heterocycles. The van der Waals surface area contributed by atoms with E-state index in [0.29, 0.717) is 19.7 Å². The van der Waals surface area contributed by atoms with Crippen molar-refractivity contribution >= 4 is 20.0 Å². The molecule has 0 aliphatic carbocycles. The van der Waals surface area contributed by atoms with Crippen LogP contribution in [0.15, 0.2) is 0 Å². The van der Waals surface area contributed by atoms with E-state index in [4.69, 9.17) is 4.74 Å². The lowest BCUT2D eigenvalue weighted by Crippen LogP contribution is -2.51. The molecule has 1 fully saturated rings. The average Bonchev–Trinajstić information content (AvgIpc) is 2.37. The van der Waals surface area contributed by atoms with Crippen LogP contribution in [0.25, 0.3) is 0 Å². The number of rotatable bonds is 6. The van der Waals surface area contributed by atoms with Crippen LogP contribution in [-0.2, 0) is 24.8 Å². The maximum atomic E-state index is 12.3. The van der Waals surface area contributed by atoms with E-state index in [1.165, 1.54) is 11.2 Å². The summed E-state index contributed by atoms with van der Waals surface area (Å²) in [5.74, 6) is -0.292. The molecule has 126 valence electrons. The number of hydrogen-bond acceptors (Lipinski definition) is 5. The summed E-state index contributed by atoms with van der Waals surface area (Å²) in [6.45, 7) is 8.40. The van der Waals surface area contributed by atoms with Gasteiger partial charge in [-0.25, -0.2) is 21.6 Å². The second-order valence-electron chi connectivity index (χ2n) is 6.20. The molecule has 1 saturated heterocycles. The summed E-state index contributed by atoms with van der Waals surface area (Å²) in [4.78, 5) is 0. The van der Waals surface area contributed by atoms with Gasteiger partial charge in [0, 0.05) is 19.6 Å². The zero-order valence-electron chi connectivity index (χ0n) is 13.1. The van der Waals surface area contributed by atoms with Gasteiger partial charge in [0.1, 0.15) is 0 Å². The highest BCUT2D eigenvalue weighted by Gasteiger charge is 2.35. The summed E-state index contributed by atoms with van der Waals surface area (Å²) in [5.41, 5.74) is -0.141. The summed E-state index contributed by atoms with van der Waals surface area (Å²) in [6.07, 6.45) is -0.159. The third-order valence-electron chi connectivity index (χ3n) is 3.45. The van der Waals surface area contributed by atoms with Gasteiger partial charge in [-0.3, -0.25) is 0 Å². The summed E-state index contributed by atoms with van der Waals surface area (Å²) < 4.78 is 56.4. The van der Waals surface area contributed by atoms with Gasteiger partial charge in [-0.15, -0.1) is 0 Å². The van der Waals surface area contributed by atoms with Crippen molar-refractivity contribution in [2.24, 2.45) is 5.41 Å². The minimum atomic E-state index is -3.48. The molecule has 0 aromatic carbocycles. The zero-order valence-corrected chi connectivity index (χ0v) is 14.8. The van der Waals surface area contributed by atoms with Crippen molar-refractivity contribution in [2.75, 3.05) is 37.7 Å². The number of ether oxygens (including phenoxy) is 1. The van der Waals surface area contributed by atoms with E-state index in [-0.39, 0.29) is 29.6 Å². The van der Waals surface area contributed by atoms with E-state index >= 15 is 0 Å². The molecule has 0 aromatic heterocycles. The highest BCUT2D eigenvalue weighted by Crippen LogP contribution is 2.26. The van der Waals surface area contributed by atoms with Crippen LogP contribution >= 0.6 is 0 Å². The molecule has 7 nitrogen and oxygen atoms in total. The van der Waals surface area contributed by atoms with E-state index in [1.807, 2.05) is 20.8 Å². The van der Waals surface area contributed by atoms with E-state index < -0.39 is 20.0 Å². The Morgan fingerprint density at radius 2 is 1.86 bits per heavy atom. The number of sulfonamides is 2. The molecule has 1 aliphatic rings. The van der Waals surface area contributed by atoms with Crippen LogP contribution in [0.3, 0.4) is 0 Å². The first-order valence-corrected chi connectivity index (χ1v) is 10.3. The van der Waals surface area contributed by atoms with Gasteiger partial charge in [0.2, 0.25) is 20.0 Å². The molecular weight excluding hydrogens is 316 g/mol. The smallest absolute Gasteiger partial charge is 0.215 e. The quantitative estimate of drug-likeness (QED) is 0.733. The first-order valence-electron chi connectivity index (χ1n) is 7.05. The predicted molar refractivity (Wildman–Crippen MR) is 82.0 cm³/mol. The first kappa shape index (κ1) is 18.8. The topological polar surface area (TPSA) is 92.8 Å². The van der Waals surface area contributed by atoms with Crippen molar-refractivity contribution in [1.82, 2.24) is 9.03 Å². The van der Waals surface area contributed by atoms with Gasteiger partial charge < -0.3 is 4.74 Å². The van der Waals surface area contributed by atoms with Crippen LogP contribution in [0, 0.1) is 5.41 Å². The average molecular weight is 342 g/mol. The maximum Gasteiger partial charge on any atom is 0.215 e. The maximum absolute atomic E-state index is 12.3.